The largest absolute Gasteiger partial charge is 0.462 e. The average molecular weight is 382 g/mol. The number of hydrogen-bond acceptors (Lipinski definition) is 4. The van der Waals surface area contributed by atoms with E-state index in [-0.39, 0.29) is 22.6 Å². The zero-order valence-corrected chi connectivity index (χ0v) is 14.1. The van der Waals surface area contributed by atoms with Crippen LogP contribution in [-0.2, 0) is 14.8 Å². The molecule has 21 heavy (non-hydrogen) atoms. The van der Waals surface area contributed by atoms with E-state index in [2.05, 4.69) is 15.9 Å². The molecule has 1 aromatic rings. The van der Waals surface area contributed by atoms with Gasteiger partial charge in [0.1, 0.15) is 5.82 Å². The van der Waals surface area contributed by atoms with Gasteiger partial charge in [0, 0.05) is 0 Å². The number of hydrogen-bond donors (Lipinski definition) is 1. The molecule has 0 aliphatic rings. The van der Waals surface area contributed by atoms with Crippen molar-refractivity contribution in [1.29, 1.82) is 0 Å². The van der Waals surface area contributed by atoms with Crippen LogP contribution >= 0.6 is 15.9 Å². The highest BCUT2D eigenvalue weighted by atomic mass is 79.9. The van der Waals surface area contributed by atoms with Crippen molar-refractivity contribution < 1.29 is 22.3 Å². The van der Waals surface area contributed by atoms with E-state index in [1.54, 1.807) is 0 Å². The minimum Gasteiger partial charge on any atom is -0.462 e. The van der Waals surface area contributed by atoms with Crippen molar-refractivity contribution in [2.45, 2.75) is 31.6 Å². The number of nitrogens with two attached hydrogens (primary N) is 1. The van der Waals surface area contributed by atoms with E-state index in [0.29, 0.717) is 0 Å². The smallest absolute Gasteiger partial charge is 0.338 e. The number of primary sulfonamides is 1. The fourth-order valence-corrected chi connectivity index (χ4v) is 3.31. The third-order valence-electron chi connectivity index (χ3n) is 2.82. The lowest BCUT2D eigenvalue weighted by Crippen LogP contribution is -2.16. The van der Waals surface area contributed by atoms with E-state index in [1.165, 1.54) is 0 Å². The van der Waals surface area contributed by atoms with Gasteiger partial charge in [-0.3, -0.25) is 0 Å². The normalized spacial score (nSPS) is 13.0. The molecule has 0 radical (unpaired) electrons. The lowest BCUT2D eigenvalue weighted by Gasteiger charge is -2.12. The van der Waals surface area contributed by atoms with Gasteiger partial charge in [-0.05, 0) is 40.4 Å². The summed E-state index contributed by atoms with van der Waals surface area (Å²) in [5.41, 5.74) is -0.191. The predicted molar refractivity (Wildman–Crippen MR) is 79.8 cm³/mol. The monoisotopic (exact) mass is 381 g/mol. The van der Waals surface area contributed by atoms with Gasteiger partial charge in [0.15, 0.2) is 0 Å². The van der Waals surface area contributed by atoms with Gasteiger partial charge in [-0.1, -0.05) is 20.3 Å². The van der Waals surface area contributed by atoms with Crippen LogP contribution in [0.1, 0.15) is 37.0 Å². The molecule has 0 heterocycles. The molecule has 1 atom stereocenters. The van der Waals surface area contributed by atoms with E-state index < -0.39 is 26.7 Å². The van der Waals surface area contributed by atoms with Crippen LogP contribution in [0, 0.1) is 11.7 Å². The third-order valence-corrected chi connectivity index (χ3v) is 4.82. The Labute approximate surface area is 131 Å². The summed E-state index contributed by atoms with van der Waals surface area (Å²) in [4.78, 5) is 11.4. The molecule has 1 aromatic carbocycles. The molecule has 0 aliphatic heterocycles. The number of benzene rings is 1. The number of carbonyl (C=O) groups is 1. The third kappa shape index (κ3) is 5.05. The van der Waals surface area contributed by atoms with E-state index in [9.17, 15) is 17.6 Å². The molecule has 0 saturated carbocycles. The maximum atomic E-state index is 13.7. The van der Waals surface area contributed by atoms with E-state index >= 15 is 0 Å². The first-order valence-corrected chi connectivity index (χ1v) is 8.69. The number of sulfonamides is 1. The average Bonchev–Trinajstić information content (AvgIpc) is 2.38. The van der Waals surface area contributed by atoms with Gasteiger partial charge in [-0.2, -0.15) is 0 Å². The van der Waals surface area contributed by atoms with Gasteiger partial charge >= 0.3 is 5.97 Å². The molecule has 0 spiro atoms. The van der Waals surface area contributed by atoms with Crippen LogP contribution in [0.5, 0.6) is 0 Å². The molecular weight excluding hydrogens is 365 g/mol. The van der Waals surface area contributed by atoms with Gasteiger partial charge in [0.25, 0.3) is 0 Å². The van der Waals surface area contributed by atoms with E-state index in [4.69, 9.17) is 9.88 Å². The Morgan fingerprint density at radius 3 is 2.62 bits per heavy atom. The fourth-order valence-electron chi connectivity index (χ4n) is 1.77. The van der Waals surface area contributed by atoms with Crippen LogP contribution in [0.15, 0.2) is 21.5 Å². The molecule has 0 saturated heterocycles. The summed E-state index contributed by atoms with van der Waals surface area (Å²) in [7, 11) is -4.15. The zero-order chi connectivity index (χ0) is 16.2. The quantitative estimate of drug-likeness (QED) is 0.767. The van der Waals surface area contributed by atoms with Crippen LogP contribution in [0.25, 0.3) is 0 Å². The summed E-state index contributed by atoms with van der Waals surface area (Å²) in [5.74, 6) is -1.50. The highest BCUT2D eigenvalue weighted by molar-refractivity contribution is 9.10. The Hall–Kier alpha value is -0.990. The van der Waals surface area contributed by atoms with Gasteiger partial charge < -0.3 is 4.74 Å². The summed E-state index contributed by atoms with van der Waals surface area (Å²) in [6.45, 7) is 4.13. The molecule has 0 aliphatic carbocycles. The van der Waals surface area contributed by atoms with Crippen LogP contribution in [-0.4, -0.2) is 21.0 Å². The second-order valence-electron chi connectivity index (χ2n) is 4.81. The van der Waals surface area contributed by atoms with Gasteiger partial charge in [0.2, 0.25) is 10.0 Å². The van der Waals surface area contributed by atoms with E-state index in [1.807, 2.05) is 13.8 Å². The van der Waals surface area contributed by atoms with Crippen LogP contribution in [0.2, 0.25) is 0 Å². The van der Waals surface area contributed by atoms with Crippen LogP contribution in [0.4, 0.5) is 4.39 Å². The molecule has 2 N–H and O–H groups in total. The second-order valence-corrected chi connectivity index (χ2v) is 7.13. The molecular formula is C13H17BrFNO4S. The fraction of sp³-hybridized carbons (Fsp3) is 0.462. The van der Waals surface area contributed by atoms with Crippen molar-refractivity contribution in [1.82, 2.24) is 0 Å². The van der Waals surface area contributed by atoms with Crippen LogP contribution < -0.4 is 5.14 Å². The Balaban J connectivity index is 2.99. The molecule has 118 valence electrons. The predicted octanol–water partition coefficient (Wildman–Crippen LogP) is 2.83. The first-order chi connectivity index (χ1) is 9.66. The molecule has 8 heteroatoms. The molecule has 0 fully saturated rings. The van der Waals surface area contributed by atoms with Crippen molar-refractivity contribution in [2.75, 3.05) is 6.61 Å². The van der Waals surface area contributed by atoms with Gasteiger partial charge in [-0.25, -0.2) is 22.7 Å². The van der Waals surface area contributed by atoms with Gasteiger partial charge in [0.05, 0.1) is 21.5 Å². The Morgan fingerprint density at radius 2 is 2.10 bits per heavy atom. The first kappa shape index (κ1) is 18.1. The SMILES string of the molecule is CCCC(C)COC(=O)c1cc(F)c(Br)c(S(N)(=O)=O)c1. The number of rotatable bonds is 6. The summed E-state index contributed by atoms with van der Waals surface area (Å²) in [6, 6.07) is 1.90. The number of ether oxygens (including phenoxy) is 1. The van der Waals surface area contributed by atoms with E-state index in [0.717, 1.165) is 25.0 Å². The summed E-state index contributed by atoms with van der Waals surface area (Å²) in [6.07, 6.45) is 1.85. The molecule has 1 rings (SSSR count). The topological polar surface area (TPSA) is 86.5 Å². The van der Waals surface area contributed by atoms with Gasteiger partial charge in [-0.15, -0.1) is 0 Å². The summed E-state index contributed by atoms with van der Waals surface area (Å²) in [5, 5.41) is 4.98. The molecule has 0 bridgehead atoms. The summed E-state index contributed by atoms with van der Waals surface area (Å²) < 4.78 is 41.1. The van der Waals surface area contributed by atoms with Crippen molar-refractivity contribution in [2.24, 2.45) is 11.1 Å². The highest BCUT2D eigenvalue weighted by Gasteiger charge is 2.21. The number of esters is 1. The number of carbonyl (C=O) groups excluding carboxylic acids is 1. The summed E-state index contributed by atoms with van der Waals surface area (Å²) >= 11 is 2.80. The number of halogens is 2. The van der Waals surface area contributed by atoms with Crippen LogP contribution in [0.3, 0.4) is 0 Å². The minimum atomic E-state index is -4.15. The maximum Gasteiger partial charge on any atom is 0.338 e. The molecule has 5 nitrogen and oxygen atoms in total. The maximum absolute atomic E-state index is 13.7. The first-order valence-electron chi connectivity index (χ1n) is 6.35. The zero-order valence-electron chi connectivity index (χ0n) is 11.7. The standard InChI is InChI=1S/C13H17BrFNO4S/c1-3-4-8(2)7-20-13(17)9-5-10(15)12(14)11(6-9)21(16,18)19/h5-6,8H,3-4,7H2,1-2H3,(H2,16,18,19). The Kier molecular flexibility index (Phi) is 6.30. The van der Waals surface area contributed by atoms with Crippen molar-refractivity contribution in [3.63, 3.8) is 0 Å². The molecule has 0 aromatic heterocycles. The van der Waals surface area contributed by atoms with Crippen molar-refractivity contribution >= 4 is 31.9 Å². The Bertz CT molecular complexity index is 633. The second kappa shape index (κ2) is 7.33. The highest BCUT2D eigenvalue weighted by Crippen LogP contribution is 2.26. The van der Waals surface area contributed by atoms with Crippen molar-refractivity contribution in [3.05, 3.63) is 28.0 Å². The van der Waals surface area contributed by atoms with Crippen molar-refractivity contribution in [3.8, 4) is 0 Å². The lowest BCUT2D eigenvalue weighted by molar-refractivity contribution is 0.0442. The Morgan fingerprint density at radius 1 is 1.48 bits per heavy atom. The minimum absolute atomic E-state index is 0.178. The lowest BCUT2D eigenvalue weighted by atomic mass is 10.1. The molecule has 0 amide bonds. The molecule has 1 unspecified atom stereocenters.